The Morgan fingerprint density at radius 3 is 2.83 bits per heavy atom. The van der Waals surface area contributed by atoms with E-state index in [1.807, 2.05) is 4.90 Å². The van der Waals surface area contributed by atoms with Gasteiger partial charge < -0.3 is 15.3 Å². The summed E-state index contributed by atoms with van der Waals surface area (Å²) >= 11 is 6.26. The van der Waals surface area contributed by atoms with Gasteiger partial charge in [-0.15, -0.1) is 0 Å². The quantitative estimate of drug-likeness (QED) is 0.388. The lowest BCUT2D eigenvalue weighted by Crippen LogP contribution is -2.31. The number of nitrogens with zero attached hydrogens (tertiary/aromatic N) is 1. The van der Waals surface area contributed by atoms with Crippen molar-refractivity contribution in [2.24, 2.45) is 0 Å². The summed E-state index contributed by atoms with van der Waals surface area (Å²) in [6.45, 7) is 4.49. The van der Waals surface area contributed by atoms with Crippen molar-refractivity contribution in [3.63, 3.8) is 0 Å². The summed E-state index contributed by atoms with van der Waals surface area (Å²) in [6, 6.07) is 0.0367. The third-order valence-electron chi connectivity index (χ3n) is 3.44. The van der Waals surface area contributed by atoms with E-state index >= 15 is 0 Å². The van der Waals surface area contributed by atoms with Crippen LogP contribution in [0.5, 0.6) is 0 Å². The number of nitrogens with one attached hydrogen (secondary N) is 1. The number of aliphatic hydroxyl groups excluding tert-OH is 1. The predicted octanol–water partition coefficient (Wildman–Crippen LogP) is 2.11. The molecule has 1 aliphatic heterocycles. The van der Waals surface area contributed by atoms with Gasteiger partial charge in [-0.2, -0.15) is 11.1 Å². The van der Waals surface area contributed by atoms with Gasteiger partial charge in [0.2, 0.25) is 0 Å². The van der Waals surface area contributed by atoms with Gasteiger partial charge in [0.1, 0.15) is 0 Å². The summed E-state index contributed by atoms with van der Waals surface area (Å²) in [7, 11) is -1.19. The standard InChI is InChI=1S/C12H24ClN2O2Si/c1-2-3-4-5-11(18(13)10-16)6-8-15-9-7-14-12(15)17/h11,16H,2-10H2,1H3,(H,14,17). The van der Waals surface area contributed by atoms with Gasteiger partial charge >= 0.3 is 6.03 Å². The molecule has 1 heterocycles. The van der Waals surface area contributed by atoms with Gasteiger partial charge in [0.25, 0.3) is 0 Å². The Morgan fingerprint density at radius 2 is 2.28 bits per heavy atom. The minimum Gasteiger partial charge on any atom is -0.398 e. The first-order valence-electron chi connectivity index (χ1n) is 6.83. The molecule has 2 amide bonds. The molecule has 0 aliphatic carbocycles. The van der Waals surface area contributed by atoms with Crippen molar-refractivity contribution >= 4 is 25.2 Å². The highest BCUT2D eigenvalue weighted by Gasteiger charge is 2.24. The van der Waals surface area contributed by atoms with E-state index in [0.717, 1.165) is 32.5 Å². The van der Waals surface area contributed by atoms with Crippen LogP contribution in [0.1, 0.15) is 39.0 Å². The second-order valence-corrected chi connectivity index (χ2v) is 8.29. The average Bonchev–Trinajstić information content (AvgIpc) is 2.78. The van der Waals surface area contributed by atoms with Crippen LogP contribution in [0.15, 0.2) is 0 Å². The number of aliphatic hydroxyl groups is 1. The lowest BCUT2D eigenvalue weighted by molar-refractivity contribution is 0.216. The molecule has 6 heteroatoms. The molecule has 1 radical (unpaired) electrons. The van der Waals surface area contributed by atoms with Crippen molar-refractivity contribution in [1.29, 1.82) is 0 Å². The Bertz CT molecular complexity index is 256. The first-order valence-corrected chi connectivity index (χ1v) is 9.63. The van der Waals surface area contributed by atoms with Gasteiger partial charge in [-0.25, -0.2) is 4.79 Å². The van der Waals surface area contributed by atoms with E-state index in [2.05, 4.69) is 12.2 Å². The van der Waals surface area contributed by atoms with Gasteiger partial charge in [0.05, 0.1) is 6.23 Å². The molecule has 1 aliphatic rings. The van der Waals surface area contributed by atoms with E-state index < -0.39 is 8.11 Å². The van der Waals surface area contributed by atoms with Crippen LogP contribution in [0.25, 0.3) is 0 Å². The maximum absolute atomic E-state index is 11.4. The molecule has 0 spiro atoms. The van der Waals surface area contributed by atoms with E-state index in [1.54, 1.807) is 0 Å². The highest BCUT2D eigenvalue weighted by atomic mass is 35.6. The van der Waals surface area contributed by atoms with Crippen molar-refractivity contribution in [2.75, 3.05) is 25.9 Å². The predicted molar refractivity (Wildman–Crippen MR) is 76.2 cm³/mol. The van der Waals surface area contributed by atoms with Gasteiger partial charge in [-0.3, -0.25) is 0 Å². The molecular weight excluding hydrogens is 268 g/mol. The zero-order valence-electron chi connectivity index (χ0n) is 11.1. The molecule has 105 valence electrons. The smallest absolute Gasteiger partial charge is 0.317 e. The number of rotatable bonds is 9. The number of hydrogen-bond acceptors (Lipinski definition) is 2. The first kappa shape index (κ1) is 15.8. The van der Waals surface area contributed by atoms with Crippen LogP contribution in [-0.2, 0) is 0 Å². The summed E-state index contributed by atoms with van der Waals surface area (Å²) in [5.41, 5.74) is 0.404. The minimum atomic E-state index is -1.19. The monoisotopic (exact) mass is 291 g/mol. The molecule has 1 saturated heterocycles. The fraction of sp³-hybridized carbons (Fsp3) is 0.917. The van der Waals surface area contributed by atoms with E-state index in [9.17, 15) is 9.90 Å². The molecule has 1 atom stereocenters. The number of unbranched alkanes of at least 4 members (excludes halogenated alkanes) is 2. The van der Waals surface area contributed by atoms with Crippen LogP contribution < -0.4 is 5.32 Å². The molecule has 1 rings (SSSR count). The molecule has 0 saturated carbocycles. The normalized spacial score (nSPS) is 17.3. The van der Waals surface area contributed by atoms with E-state index in [4.69, 9.17) is 11.1 Å². The number of urea groups is 1. The second-order valence-electron chi connectivity index (χ2n) is 4.81. The maximum Gasteiger partial charge on any atom is 0.317 e. The second kappa shape index (κ2) is 8.77. The topological polar surface area (TPSA) is 52.6 Å². The largest absolute Gasteiger partial charge is 0.398 e. The van der Waals surface area contributed by atoms with Crippen LogP contribution in [0.4, 0.5) is 4.79 Å². The highest BCUT2D eigenvalue weighted by Crippen LogP contribution is 2.26. The Labute approximate surface area is 116 Å². The molecule has 18 heavy (non-hydrogen) atoms. The van der Waals surface area contributed by atoms with E-state index in [0.29, 0.717) is 5.54 Å². The van der Waals surface area contributed by atoms with Crippen LogP contribution in [-0.4, -0.2) is 50.0 Å². The van der Waals surface area contributed by atoms with Gasteiger partial charge in [0, 0.05) is 19.6 Å². The third-order valence-corrected chi connectivity index (χ3v) is 6.49. The molecular formula is C12H24ClN2O2Si. The number of carbonyl (C=O) groups excluding carboxylic acids is 1. The van der Waals surface area contributed by atoms with E-state index in [-0.39, 0.29) is 12.3 Å². The lowest BCUT2D eigenvalue weighted by Gasteiger charge is -2.22. The summed E-state index contributed by atoms with van der Waals surface area (Å²) in [6.07, 6.45) is 5.73. The van der Waals surface area contributed by atoms with E-state index in [1.165, 1.54) is 19.3 Å². The highest BCUT2D eigenvalue weighted by molar-refractivity contribution is 7.07. The van der Waals surface area contributed by atoms with Crippen LogP contribution in [0.2, 0.25) is 5.54 Å². The summed E-state index contributed by atoms with van der Waals surface area (Å²) in [5.74, 6) is 0. The van der Waals surface area contributed by atoms with Crippen molar-refractivity contribution in [2.45, 2.75) is 44.6 Å². The van der Waals surface area contributed by atoms with Gasteiger partial charge in [-0.05, 0) is 12.0 Å². The molecule has 0 bridgehead atoms. The molecule has 4 nitrogen and oxygen atoms in total. The zero-order chi connectivity index (χ0) is 13.4. The maximum atomic E-state index is 11.4. The SMILES string of the molecule is CCCCCC(CCN1CCNC1=O)[Si](Cl)CO. The van der Waals surface area contributed by atoms with Crippen molar-refractivity contribution in [3.05, 3.63) is 0 Å². The van der Waals surface area contributed by atoms with Crippen molar-refractivity contribution in [3.8, 4) is 0 Å². The Balaban J connectivity index is 2.32. The van der Waals surface area contributed by atoms with Gasteiger partial charge in [-0.1, -0.05) is 32.6 Å². The Morgan fingerprint density at radius 1 is 1.50 bits per heavy atom. The number of halogens is 1. The average molecular weight is 292 g/mol. The molecule has 1 fully saturated rings. The fourth-order valence-corrected chi connectivity index (χ4v) is 4.14. The third kappa shape index (κ3) is 5.16. The molecule has 0 aromatic rings. The first-order chi connectivity index (χ1) is 8.69. The number of carbonyl (C=O) groups is 1. The fourth-order valence-electron chi connectivity index (χ4n) is 2.26. The lowest BCUT2D eigenvalue weighted by atomic mass is 10.1. The summed E-state index contributed by atoms with van der Waals surface area (Å²) in [5, 5.41) is 12.0. The number of hydrogen-bond donors (Lipinski definition) is 2. The number of amides is 2. The van der Waals surface area contributed by atoms with Crippen molar-refractivity contribution < 1.29 is 9.90 Å². The Kier molecular flexibility index (Phi) is 7.70. The van der Waals surface area contributed by atoms with Crippen LogP contribution in [0, 0.1) is 0 Å². The van der Waals surface area contributed by atoms with Crippen LogP contribution in [0.3, 0.4) is 0 Å². The molecule has 0 aromatic carbocycles. The zero-order valence-corrected chi connectivity index (χ0v) is 12.9. The van der Waals surface area contributed by atoms with Gasteiger partial charge in [0.15, 0.2) is 8.11 Å². The molecule has 2 N–H and O–H groups in total. The van der Waals surface area contributed by atoms with Crippen LogP contribution >= 0.6 is 11.1 Å². The summed E-state index contributed by atoms with van der Waals surface area (Å²) < 4.78 is 0. The summed E-state index contributed by atoms with van der Waals surface area (Å²) in [4.78, 5) is 13.3. The Hall–Kier alpha value is -0.263. The molecule has 0 aromatic heterocycles. The minimum absolute atomic E-state index is 0.0367. The van der Waals surface area contributed by atoms with Crippen molar-refractivity contribution in [1.82, 2.24) is 10.2 Å². The molecule has 1 unspecified atom stereocenters.